The first-order valence-corrected chi connectivity index (χ1v) is 9.19. The van der Waals surface area contributed by atoms with Gasteiger partial charge in [0.05, 0.1) is 12.9 Å². The van der Waals surface area contributed by atoms with Crippen LogP contribution in [0.25, 0.3) is 11.2 Å². The van der Waals surface area contributed by atoms with Crippen LogP contribution in [0.3, 0.4) is 0 Å². The normalized spacial score (nSPS) is 31.6. The lowest BCUT2D eigenvalue weighted by Crippen LogP contribution is -2.52. The molecule has 2 saturated heterocycles. The molecule has 0 saturated carbocycles. The highest BCUT2D eigenvalue weighted by Gasteiger charge is 2.60. The topological polar surface area (TPSA) is 97.3 Å². The SMILES string of the molecule is CCOC1C2OCC[C@]1(CC(C)(C)C)O[C@H]2n1cnc2c(N)ncnc21. The Balaban J connectivity index is 1.77. The number of hydrogen-bond donors (Lipinski definition) is 1. The predicted octanol–water partition coefficient (Wildman–Crippen LogP) is 2.31. The molecule has 0 spiro atoms. The molecular formula is C18H27N5O3. The minimum absolute atomic E-state index is 0.107. The summed E-state index contributed by atoms with van der Waals surface area (Å²) in [6, 6.07) is 0. The maximum atomic E-state index is 6.68. The van der Waals surface area contributed by atoms with Gasteiger partial charge < -0.3 is 19.9 Å². The van der Waals surface area contributed by atoms with E-state index in [2.05, 4.69) is 35.7 Å². The third-order valence-corrected chi connectivity index (χ3v) is 5.13. The summed E-state index contributed by atoms with van der Waals surface area (Å²) in [5.41, 5.74) is 6.90. The first kappa shape index (κ1) is 17.6. The van der Waals surface area contributed by atoms with E-state index in [0.29, 0.717) is 30.2 Å². The summed E-state index contributed by atoms with van der Waals surface area (Å²) in [6.45, 7) is 9.97. The molecule has 2 N–H and O–H groups in total. The number of aromatic nitrogens is 4. The van der Waals surface area contributed by atoms with Gasteiger partial charge in [0.1, 0.15) is 29.7 Å². The number of hydrogen-bond acceptors (Lipinski definition) is 7. The van der Waals surface area contributed by atoms with Gasteiger partial charge in [-0.05, 0) is 18.8 Å². The molecular weight excluding hydrogens is 334 g/mol. The van der Waals surface area contributed by atoms with Crippen LogP contribution in [0, 0.1) is 5.41 Å². The second kappa shape index (κ2) is 6.14. The number of nitrogen functional groups attached to an aromatic ring is 1. The molecule has 4 rings (SSSR count). The van der Waals surface area contributed by atoms with Crippen molar-refractivity contribution in [2.24, 2.45) is 5.41 Å². The molecule has 0 aliphatic carbocycles. The Bertz CT molecular complexity index is 802. The second-order valence-corrected chi connectivity index (χ2v) is 8.35. The van der Waals surface area contributed by atoms with Crippen LogP contribution in [0.4, 0.5) is 5.82 Å². The fraction of sp³-hybridized carbons (Fsp3) is 0.722. The summed E-state index contributed by atoms with van der Waals surface area (Å²) in [4.78, 5) is 12.8. The lowest BCUT2D eigenvalue weighted by Gasteiger charge is -2.41. The van der Waals surface area contributed by atoms with E-state index < -0.39 is 0 Å². The Morgan fingerprint density at radius 3 is 2.88 bits per heavy atom. The number of ether oxygens (including phenoxy) is 3. The van der Waals surface area contributed by atoms with Gasteiger partial charge in [-0.1, -0.05) is 20.8 Å². The summed E-state index contributed by atoms with van der Waals surface area (Å²) in [5, 5.41) is 0. The molecule has 0 amide bonds. The van der Waals surface area contributed by atoms with Crippen LogP contribution in [0.15, 0.2) is 12.7 Å². The van der Waals surface area contributed by atoms with Crippen LogP contribution >= 0.6 is 0 Å². The van der Waals surface area contributed by atoms with Crippen molar-refractivity contribution >= 4 is 17.0 Å². The van der Waals surface area contributed by atoms with E-state index in [-0.39, 0.29) is 29.5 Å². The number of anilines is 1. The monoisotopic (exact) mass is 361 g/mol. The molecule has 2 aliphatic rings. The molecule has 2 aromatic rings. The summed E-state index contributed by atoms with van der Waals surface area (Å²) in [5.74, 6) is 0.362. The van der Waals surface area contributed by atoms with Gasteiger partial charge in [-0.3, -0.25) is 4.57 Å². The van der Waals surface area contributed by atoms with E-state index in [9.17, 15) is 0 Å². The van der Waals surface area contributed by atoms with Crippen LogP contribution in [0.1, 0.15) is 46.8 Å². The molecule has 26 heavy (non-hydrogen) atoms. The van der Waals surface area contributed by atoms with Gasteiger partial charge in [0.2, 0.25) is 0 Å². The van der Waals surface area contributed by atoms with E-state index >= 15 is 0 Å². The van der Waals surface area contributed by atoms with Gasteiger partial charge in [-0.15, -0.1) is 0 Å². The van der Waals surface area contributed by atoms with Gasteiger partial charge in [0.15, 0.2) is 17.7 Å². The molecule has 2 fully saturated rings. The number of nitrogens with zero attached hydrogens (tertiary/aromatic N) is 4. The average molecular weight is 361 g/mol. The molecule has 2 aliphatic heterocycles. The Kier molecular flexibility index (Phi) is 4.17. The molecule has 0 radical (unpaired) electrons. The Morgan fingerprint density at radius 2 is 2.15 bits per heavy atom. The zero-order chi connectivity index (χ0) is 18.5. The van der Waals surface area contributed by atoms with Crippen molar-refractivity contribution in [3.63, 3.8) is 0 Å². The molecule has 2 aromatic heterocycles. The molecule has 8 nitrogen and oxygen atoms in total. The zero-order valence-electron chi connectivity index (χ0n) is 15.8. The third kappa shape index (κ3) is 2.76. The first-order valence-electron chi connectivity index (χ1n) is 9.19. The summed E-state index contributed by atoms with van der Waals surface area (Å²) in [6.07, 6.45) is 4.18. The van der Waals surface area contributed by atoms with Crippen molar-refractivity contribution in [3.05, 3.63) is 12.7 Å². The van der Waals surface area contributed by atoms with Gasteiger partial charge in [0, 0.05) is 13.0 Å². The van der Waals surface area contributed by atoms with Gasteiger partial charge in [-0.25, -0.2) is 15.0 Å². The minimum atomic E-state index is -0.378. The fourth-order valence-electron chi connectivity index (χ4n) is 4.39. The molecule has 142 valence electrons. The molecule has 8 heteroatoms. The Labute approximate surface area is 153 Å². The van der Waals surface area contributed by atoms with Crippen molar-refractivity contribution in [2.45, 2.75) is 64.6 Å². The van der Waals surface area contributed by atoms with E-state index in [1.54, 1.807) is 6.33 Å². The number of fused-ring (bicyclic) bond motifs is 3. The van der Waals surface area contributed by atoms with Crippen LogP contribution in [-0.2, 0) is 14.2 Å². The molecule has 0 aromatic carbocycles. The van der Waals surface area contributed by atoms with E-state index in [1.165, 1.54) is 6.33 Å². The smallest absolute Gasteiger partial charge is 0.167 e. The highest BCUT2D eigenvalue weighted by molar-refractivity contribution is 5.81. The lowest BCUT2D eigenvalue weighted by molar-refractivity contribution is -0.158. The average Bonchev–Trinajstić information content (AvgIpc) is 3.03. The third-order valence-electron chi connectivity index (χ3n) is 5.13. The van der Waals surface area contributed by atoms with Gasteiger partial charge in [-0.2, -0.15) is 0 Å². The first-order chi connectivity index (χ1) is 12.3. The van der Waals surface area contributed by atoms with Crippen molar-refractivity contribution < 1.29 is 14.2 Å². The highest BCUT2D eigenvalue weighted by Crippen LogP contribution is 2.51. The molecule has 2 bridgehead atoms. The van der Waals surface area contributed by atoms with Crippen LogP contribution in [0.5, 0.6) is 0 Å². The predicted molar refractivity (Wildman–Crippen MR) is 96.4 cm³/mol. The second-order valence-electron chi connectivity index (χ2n) is 8.35. The summed E-state index contributed by atoms with van der Waals surface area (Å²) in [7, 11) is 0. The van der Waals surface area contributed by atoms with Crippen LogP contribution < -0.4 is 5.73 Å². The lowest BCUT2D eigenvalue weighted by atomic mass is 9.76. The Hall–Kier alpha value is -1.77. The number of nitrogens with two attached hydrogens (primary N) is 1. The van der Waals surface area contributed by atoms with Crippen molar-refractivity contribution in [3.8, 4) is 0 Å². The van der Waals surface area contributed by atoms with E-state index in [1.807, 2.05) is 11.5 Å². The zero-order valence-corrected chi connectivity index (χ0v) is 15.8. The minimum Gasteiger partial charge on any atom is -0.382 e. The Morgan fingerprint density at radius 1 is 1.35 bits per heavy atom. The van der Waals surface area contributed by atoms with Crippen molar-refractivity contribution in [2.75, 3.05) is 18.9 Å². The van der Waals surface area contributed by atoms with E-state index in [4.69, 9.17) is 19.9 Å². The fourth-order valence-corrected chi connectivity index (χ4v) is 4.39. The van der Waals surface area contributed by atoms with Crippen LogP contribution in [-0.4, -0.2) is 50.5 Å². The van der Waals surface area contributed by atoms with Crippen molar-refractivity contribution in [1.29, 1.82) is 0 Å². The highest BCUT2D eigenvalue weighted by atomic mass is 16.6. The number of imidazole rings is 1. The number of rotatable bonds is 4. The quantitative estimate of drug-likeness (QED) is 0.892. The largest absolute Gasteiger partial charge is 0.382 e. The maximum Gasteiger partial charge on any atom is 0.167 e. The van der Waals surface area contributed by atoms with Crippen molar-refractivity contribution in [1.82, 2.24) is 19.5 Å². The van der Waals surface area contributed by atoms with Gasteiger partial charge >= 0.3 is 0 Å². The molecule has 4 heterocycles. The summed E-state index contributed by atoms with van der Waals surface area (Å²) < 4.78 is 20.8. The molecule has 4 atom stereocenters. The van der Waals surface area contributed by atoms with E-state index in [0.717, 1.165) is 12.8 Å². The molecule has 2 unspecified atom stereocenters. The standard InChI is InChI=1S/C18H27N5O3/c1-5-24-13-12-16(23-10-22-11-14(19)20-9-21-15(11)23)26-18(13,6-7-25-12)8-17(2,3)4/h9-10,12-13,16H,5-8H2,1-4H3,(H2,19,20,21)/t12?,13?,16-,18-/m1/s1. The maximum absolute atomic E-state index is 6.68. The van der Waals surface area contributed by atoms with Gasteiger partial charge in [0.25, 0.3) is 0 Å². The van der Waals surface area contributed by atoms with Crippen LogP contribution in [0.2, 0.25) is 0 Å². The summed E-state index contributed by atoms with van der Waals surface area (Å²) >= 11 is 0.